The molecule has 1 rings (SSSR count). The lowest BCUT2D eigenvalue weighted by Crippen LogP contribution is -2.61. The van der Waals surface area contributed by atoms with E-state index >= 15 is 0 Å². The van der Waals surface area contributed by atoms with Crippen LogP contribution < -0.4 is 54.8 Å². The molecule has 1 aromatic carbocycles. The number of carbonyl (C=O) groups is 7. The van der Waals surface area contributed by atoms with Gasteiger partial charge in [-0.05, 0) is 57.1 Å². The van der Waals surface area contributed by atoms with E-state index in [1.807, 2.05) is 0 Å². The molecule has 0 aliphatic heterocycles. The fourth-order valence-electron chi connectivity index (χ4n) is 5.37. The predicted octanol–water partition coefficient (Wildman–Crippen LogP) is -3.28. The van der Waals surface area contributed by atoms with Crippen LogP contribution in [0.5, 0.6) is 0 Å². The number of hydrogen-bond donors (Lipinski definition) is 13. The smallest absolute Gasteiger partial charge is 0.326 e. The molecular formula is C36H61N11O9S. The summed E-state index contributed by atoms with van der Waals surface area (Å²) in [6, 6.07) is 1.02. The van der Waals surface area contributed by atoms with Gasteiger partial charge in [-0.15, -0.1) is 0 Å². The molecular weight excluding hydrogens is 763 g/mol. The maximum absolute atomic E-state index is 13.5. The van der Waals surface area contributed by atoms with Gasteiger partial charge in [-0.3, -0.25) is 33.8 Å². The SMILES string of the molecule is CC(C)C[C@H](NC(=O)[C@H](CS)NC(=O)[C@@H](NC(=O)[C@H](CCCN=C(N)N)NC(=O)CNC(=O)[C@@H](N)CCCCN)[C@@H](C)O)C(=O)N[C@@H](Cc1ccccc1)C(=O)O. The van der Waals surface area contributed by atoms with Gasteiger partial charge >= 0.3 is 5.97 Å². The van der Waals surface area contributed by atoms with Crippen LogP contribution in [0.2, 0.25) is 0 Å². The molecule has 0 saturated heterocycles. The Hall–Kier alpha value is -4.99. The van der Waals surface area contributed by atoms with E-state index in [-0.39, 0.29) is 49.9 Å². The minimum absolute atomic E-state index is 0.00588. The standard InChI is InChI=1S/C36H61N11O9S/c1-20(2)16-25(32(52)45-26(35(55)56)17-22-10-5-4-6-11-22)44-33(53)27(19-57)46-34(54)29(21(3)48)47-31(51)24(13-9-15-41-36(39)40)43-28(49)18-42-30(50)23(38)12-7-8-14-37/h4-6,10-11,20-21,23-27,29,48,57H,7-9,12-19,37-38H2,1-3H3,(H,42,50)(H,43,49)(H,44,53)(H,45,52)(H,46,54)(H,47,51)(H,55,56)(H4,39,40,41)/t21-,23+,24+,25+,26+,27+,29+/m1/s1. The van der Waals surface area contributed by atoms with Crippen LogP contribution in [0.15, 0.2) is 35.3 Å². The van der Waals surface area contributed by atoms with Crippen molar-refractivity contribution in [2.75, 3.05) is 25.4 Å². The average molecular weight is 824 g/mol. The summed E-state index contributed by atoms with van der Waals surface area (Å²) in [7, 11) is 0. The van der Waals surface area contributed by atoms with Crippen molar-refractivity contribution in [1.29, 1.82) is 0 Å². The molecule has 20 nitrogen and oxygen atoms in total. The summed E-state index contributed by atoms with van der Waals surface area (Å²) in [4.78, 5) is 94.7. The molecule has 57 heavy (non-hydrogen) atoms. The number of nitrogens with one attached hydrogen (secondary N) is 6. The molecule has 6 amide bonds. The van der Waals surface area contributed by atoms with Crippen LogP contribution in [0.3, 0.4) is 0 Å². The van der Waals surface area contributed by atoms with Gasteiger partial charge in [0.25, 0.3) is 0 Å². The Balaban J connectivity index is 3.07. The van der Waals surface area contributed by atoms with Crippen LogP contribution in [0.4, 0.5) is 0 Å². The second kappa shape index (κ2) is 26.8. The van der Waals surface area contributed by atoms with Crippen molar-refractivity contribution in [3.8, 4) is 0 Å². The van der Waals surface area contributed by atoms with Gasteiger partial charge in [-0.25, -0.2) is 4.79 Å². The number of hydrogen-bond acceptors (Lipinski definition) is 12. The topological polar surface area (TPSA) is 349 Å². The number of aliphatic hydroxyl groups is 1. The molecule has 16 N–H and O–H groups in total. The average Bonchev–Trinajstić information content (AvgIpc) is 3.15. The molecule has 0 aliphatic carbocycles. The summed E-state index contributed by atoms with van der Waals surface area (Å²) in [6.45, 7) is 4.84. The summed E-state index contributed by atoms with van der Waals surface area (Å²) < 4.78 is 0. The molecule has 0 aliphatic rings. The molecule has 7 atom stereocenters. The maximum Gasteiger partial charge on any atom is 0.326 e. The van der Waals surface area contributed by atoms with Crippen LogP contribution >= 0.6 is 12.6 Å². The number of unbranched alkanes of at least 4 members (excludes halogenated alkanes) is 1. The third-order valence-corrected chi connectivity index (χ3v) is 8.81. The molecule has 320 valence electrons. The van der Waals surface area contributed by atoms with Crippen LogP contribution in [-0.4, -0.2) is 125 Å². The van der Waals surface area contributed by atoms with Gasteiger partial charge in [0, 0.05) is 18.7 Å². The first-order valence-electron chi connectivity index (χ1n) is 18.7. The van der Waals surface area contributed by atoms with Gasteiger partial charge in [0.05, 0.1) is 18.7 Å². The Morgan fingerprint density at radius 2 is 1.35 bits per heavy atom. The lowest BCUT2D eigenvalue weighted by Gasteiger charge is -2.28. The van der Waals surface area contributed by atoms with Crippen molar-refractivity contribution < 1.29 is 43.8 Å². The van der Waals surface area contributed by atoms with Crippen molar-refractivity contribution in [2.24, 2.45) is 33.8 Å². The zero-order chi connectivity index (χ0) is 43.1. The largest absolute Gasteiger partial charge is 0.480 e. The monoisotopic (exact) mass is 823 g/mol. The Morgan fingerprint density at radius 1 is 0.754 bits per heavy atom. The second-order valence-electron chi connectivity index (χ2n) is 13.9. The Kier molecular flexibility index (Phi) is 23.5. The lowest BCUT2D eigenvalue weighted by molar-refractivity contribution is -0.142. The minimum atomic E-state index is -1.64. The van der Waals surface area contributed by atoms with E-state index in [0.29, 0.717) is 31.4 Å². The number of nitrogens with zero attached hydrogens (tertiary/aromatic N) is 1. The highest BCUT2D eigenvalue weighted by atomic mass is 32.1. The molecule has 1 aromatic rings. The van der Waals surface area contributed by atoms with E-state index in [1.165, 1.54) is 6.92 Å². The zero-order valence-corrected chi connectivity index (χ0v) is 33.6. The molecule has 0 heterocycles. The lowest BCUT2D eigenvalue weighted by atomic mass is 10.0. The number of aliphatic hydroxyl groups excluding tert-OH is 1. The van der Waals surface area contributed by atoms with E-state index < -0.39 is 90.3 Å². The third kappa shape index (κ3) is 20.1. The van der Waals surface area contributed by atoms with Crippen molar-refractivity contribution in [2.45, 2.75) is 108 Å². The number of thiol groups is 1. The summed E-state index contributed by atoms with van der Waals surface area (Å²) >= 11 is 4.18. The van der Waals surface area contributed by atoms with Crippen LogP contribution in [0, 0.1) is 5.92 Å². The quantitative estimate of drug-likeness (QED) is 0.0179. The molecule has 0 fully saturated rings. The minimum Gasteiger partial charge on any atom is -0.480 e. The number of carboxylic acids is 1. The molecule has 21 heteroatoms. The number of carbonyl (C=O) groups excluding carboxylic acids is 6. The number of carboxylic acid groups (broad SMARTS) is 1. The van der Waals surface area contributed by atoms with Gasteiger partial charge in [-0.2, -0.15) is 12.6 Å². The van der Waals surface area contributed by atoms with Gasteiger partial charge in [-0.1, -0.05) is 50.6 Å². The first kappa shape index (κ1) is 50.0. The van der Waals surface area contributed by atoms with E-state index in [2.05, 4.69) is 49.5 Å². The van der Waals surface area contributed by atoms with E-state index in [4.69, 9.17) is 22.9 Å². The zero-order valence-electron chi connectivity index (χ0n) is 32.7. The normalized spacial score (nSPS) is 14.7. The fourth-order valence-corrected chi connectivity index (χ4v) is 5.63. The second-order valence-corrected chi connectivity index (χ2v) is 14.3. The number of nitrogens with two attached hydrogens (primary N) is 4. The van der Waals surface area contributed by atoms with E-state index in [9.17, 15) is 43.8 Å². The molecule has 0 radical (unpaired) electrons. The predicted molar refractivity (Wildman–Crippen MR) is 216 cm³/mol. The van der Waals surface area contributed by atoms with Gasteiger partial charge in [0.2, 0.25) is 35.4 Å². The maximum atomic E-state index is 13.5. The first-order valence-corrected chi connectivity index (χ1v) is 19.4. The van der Waals surface area contributed by atoms with Crippen LogP contribution in [-0.2, 0) is 40.0 Å². The van der Waals surface area contributed by atoms with Crippen molar-refractivity contribution >= 4 is 60.0 Å². The third-order valence-electron chi connectivity index (χ3n) is 8.44. The Morgan fingerprint density at radius 3 is 1.91 bits per heavy atom. The Bertz CT molecular complexity index is 1500. The van der Waals surface area contributed by atoms with E-state index in [0.717, 1.165) is 0 Å². The number of rotatable bonds is 27. The summed E-state index contributed by atoms with van der Waals surface area (Å²) in [5.74, 6) is -6.65. The van der Waals surface area contributed by atoms with E-state index in [1.54, 1.807) is 44.2 Å². The summed E-state index contributed by atoms with van der Waals surface area (Å²) in [5.41, 5.74) is 22.8. The number of guanidine groups is 1. The molecule has 0 aromatic heterocycles. The Labute approximate surface area is 338 Å². The molecule has 0 saturated carbocycles. The highest BCUT2D eigenvalue weighted by Gasteiger charge is 2.34. The van der Waals surface area contributed by atoms with Crippen molar-refractivity contribution in [1.82, 2.24) is 31.9 Å². The van der Waals surface area contributed by atoms with Gasteiger partial charge in [0.15, 0.2) is 5.96 Å². The molecule has 0 bridgehead atoms. The van der Waals surface area contributed by atoms with Gasteiger partial charge < -0.3 is 65.0 Å². The molecule has 0 spiro atoms. The summed E-state index contributed by atoms with van der Waals surface area (Å²) in [6.07, 6.45) is 0.437. The van der Waals surface area contributed by atoms with Gasteiger partial charge in [0.1, 0.15) is 30.2 Å². The van der Waals surface area contributed by atoms with Crippen molar-refractivity contribution in [3.63, 3.8) is 0 Å². The van der Waals surface area contributed by atoms with Crippen LogP contribution in [0.1, 0.15) is 64.9 Å². The number of aliphatic imine (C=N–C) groups is 1. The van der Waals surface area contributed by atoms with Crippen LogP contribution in [0.25, 0.3) is 0 Å². The number of aliphatic carboxylic acids is 1. The highest BCUT2D eigenvalue weighted by molar-refractivity contribution is 7.80. The number of benzene rings is 1. The summed E-state index contributed by atoms with van der Waals surface area (Å²) in [5, 5.41) is 35.1. The number of amides is 6. The highest BCUT2D eigenvalue weighted by Crippen LogP contribution is 2.09. The fraction of sp³-hybridized carbons (Fsp3) is 0.611. The molecule has 0 unspecified atom stereocenters. The van der Waals surface area contributed by atoms with Crippen molar-refractivity contribution in [3.05, 3.63) is 35.9 Å². The first-order chi connectivity index (χ1) is 26.9.